The molecule has 41 heavy (non-hydrogen) atoms. The van der Waals surface area contributed by atoms with Crippen LogP contribution in [-0.2, 0) is 23.9 Å². The quantitative estimate of drug-likeness (QED) is 0.456. The lowest BCUT2D eigenvalue weighted by Gasteiger charge is -2.38. The van der Waals surface area contributed by atoms with Crippen LogP contribution < -0.4 is 10.6 Å². The first kappa shape index (κ1) is 28.6. The highest BCUT2D eigenvalue weighted by Crippen LogP contribution is 2.55. The van der Waals surface area contributed by atoms with Crippen molar-refractivity contribution < 1.29 is 23.9 Å². The molecule has 1 aromatic rings. The van der Waals surface area contributed by atoms with E-state index < -0.39 is 29.6 Å². The van der Waals surface area contributed by atoms with Gasteiger partial charge >= 0.3 is 0 Å². The second kappa shape index (κ2) is 11.7. The van der Waals surface area contributed by atoms with E-state index in [2.05, 4.69) is 29.4 Å². The fourth-order valence-electron chi connectivity index (χ4n) is 7.64. The van der Waals surface area contributed by atoms with Gasteiger partial charge in [-0.3, -0.25) is 19.3 Å². The van der Waals surface area contributed by atoms with E-state index in [0.29, 0.717) is 42.3 Å². The lowest BCUT2D eigenvalue weighted by molar-refractivity contribution is -0.141. The van der Waals surface area contributed by atoms with Crippen molar-refractivity contribution in [1.29, 1.82) is 0 Å². The maximum Gasteiger partial charge on any atom is 0.246 e. The highest BCUT2D eigenvalue weighted by molar-refractivity contribution is 6.30. The molecule has 1 saturated carbocycles. The molecule has 5 aliphatic rings. The number of nitrogens with zero attached hydrogens (tertiary/aromatic N) is 2. The summed E-state index contributed by atoms with van der Waals surface area (Å²) in [5, 5.41) is 6.77. The fraction of sp³-hybridized carbons (Fsp3) is 0.645. The smallest absolute Gasteiger partial charge is 0.246 e. The molecule has 4 heterocycles. The summed E-state index contributed by atoms with van der Waals surface area (Å²) in [6.45, 7) is 8.82. The van der Waals surface area contributed by atoms with Crippen molar-refractivity contribution in [3.05, 3.63) is 41.4 Å². The molecule has 8 atom stereocenters. The summed E-state index contributed by atoms with van der Waals surface area (Å²) < 4.78 is 12.0. The Bertz CT molecular complexity index is 1200. The summed E-state index contributed by atoms with van der Waals surface area (Å²) in [5.41, 5.74) is -0.601. The Morgan fingerprint density at radius 3 is 2.71 bits per heavy atom. The van der Waals surface area contributed by atoms with Crippen LogP contribution in [0.4, 0.5) is 5.69 Å². The maximum absolute atomic E-state index is 14.2. The summed E-state index contributed by atoms with van der Waals surface area (Å²) in [6.07, 6.45) is 7.05. The molecular weight excluding hydrogens is 544 g/mol. The Balaban J connectivity index is 1.25. The van der Waals surface area contributed by atoms with E-state index >= 15 is 0 Å². The molecule has 1 aromatic carbocycles. The van der Waals surface area contributed by atoms with Crippen LogP contribution in [-0.4, -0.2) is 90.7 Å². The number of amides is 3. The number of carbonyl (C=O) groups excluding carboxylic acids is 3. The molecule has 6 rings (SSSR count). The third kappa shape index (κ3) is 5.31. The Hall–Kier alpha value is -2.46. The van der Waals surface area contributed by atoms with Crippen LogP contribution in [0.3, 0.4) is 0 Å². The summed E-state index contributed by atoms with van der Waals surface area (Å²) in [4.78, 5) is 46.0. The van der Waals surface area contributed by atoms with Crippen molar-refractivity contribution in [2.45, 2.75) is 63.3 Å². The van der Waals surface area contributed by atoms with E-state index in [1.165, 1.54) is 0 Å². The van der Waals surface area contributed by atoms with Crippen LogP contribution in [0, 0.1) is 23.7 Å². The summed E-state index contributed by atoms with van der Waals surface area (Å²) >= 11 is 6.14. The van der Waals surface area contributed by atoms with E-state index in [9.17, 15) is 14.4 Å². The zero-order valence-corrected chi connectivity index (χ0v) is 24.6. The van der Waals surface area contributed by atoms with Crippen LogP contribution in [0.25, 0.3) is 0 Å². The van der Waals surface area contributed by atoms with Gasteiger partial charge < -0.3 is 25.0 Å². The molecule has 3 amide bonds. The number of carbonyl (C=O) groups is 3. The number of anilines is 1. The molecule has 2 N–H and O–H groups in total. The third-order valence-electron chi connectivity index (χ3n) is 10.0. The van der Waals surface area contributed by atoms with Crippen LogP contribution in [0.1, 0.15) is 39.5 Å². The number of morpholine rings is 1. The van der Waals surface area contributed by atoms with Crippen molar-refractivity contribution in [3.8, 4) is 0 Å². The molecule has 3 saturated heterocycles. The molecule has 10 heteroatoms. The second-order valence-corrected chi connectivity index (χ2v) is 12.9. The number of hydrogen-bond acceptors (Lipinski definition) is 6. The molecule has 0 aromatic heterocycles. The first-order valence-corrected chi connectivity index (χ1v) is 15.5. The molecule has 9 nitrogen and oxygen atoms in total. The molecule has 0 unspecified atom stereocenters. The average Bonchev–Trinajstić information content (AvgIpc) is 3.59. The van der Waals surface area contributed by atoms with Crippen molar-refractivity contribution in [3.63, 3.8) is 0 Å². The number of halogens is 1. The van der Waals surface area contributed by atoms with Crippen LogP contribution in [0.5, 0.6) is 0 Å². The van der Waals surface area contributed by atoms with Crippen molar-refractivity contribution in [2.75, 3.05) is 44.7 Å². The number of hydrogen-bond donors (Lipinski definition) is 2. The number of benzene rings is 1. The van der Waals surface area contributed by atoms with Gasteiger partial charge in [0.05, 0.1) is 31.2 Å². The van der Waals surface area contributed by atoms with Gasteiger partial charge in [-0.2, -0.15) is 0 Å². The standard InChI is InChI=1S/C31H41ClN4O5/c1-19-6-3-9-23(20(19)2)34-29(38)27-31-11-10-24(41-31)25(28(37)33-22-8-4-7-21(32)18-22)26(31)30(39)36(27)13-5-12-35-14-16-40-17-15-35/h4,7-8,10-11,18-20,23-27H,3,5-6,9,12-17H2,1-2H3,(H,33,37)(H,34,38)/t19-,20-,23+,24+,25-,26+,27+,31+/m1/s1. The normalized spacial score (nSPS) is 36.4. The van der Waals surface area contributed by atoms with Gasteiger partial charge in [-0.1, -0.05) is 56.5 Å². The van der Waals surface area contributed by atoms with Crippen LogP contribution >= 0.6 is 11.6 Å². The number of nitrogens with one attached hydrogen (secondary N) is 2. The second-order valence-electron chi connectivity index (χ2n) is 12.4. The largest absolute Gasteiger partial charge is 0.379 e. The van der Waals surface area contributed by atoms with Crippen molar-refractivity contribution in [1.82, 2.24) is 15.1 Å². The molecule has 2 bridgehead atoms. The number of rotatable bonds is 8. The summed E-state index contributed by atoms with van der Waals surface area (Å²) in [5.74, 6) is -1.30. The molecule has 222 valence electrons. The molecule has 1 aliphatic carbocycles. The first-order valence-electron chi connectivity index (χ1n) is 15.1. The molecule has 0 radical (unpaired) electrons. The topological polar surface area (TPSA) is 100 Å². The number of ether oxygens (including phenoxy) is 2. The van der Waals surface area contributed by atoms with Crippen molar-refractivity contribution in [2.24, 2.45) is 23.7 Å². The first-order chi connectivity index (χ1) is 19.8. The van der Waals surface area contributed by atoms with E-state index in [0.717, 1.165) is 45.3 Å². The molecule has 1 spiro atoms. The predicted molar refractivity (Wildman–Crippen MR) is 155 cm³/mol. The molecular formula is C31H41ClN4O5. The Morgan fingerprint density at radius 1 is 1.12 bits per heavy atom. The van der Waals surface area contributed by atoms with Gasteiger partial charge in [0.25, 0.3) is 0 Å². The minimum absolute atomic E-state index is 0.0523. The van der Waals surface area contributed by atoms with Gasteiger partial charge in [-0.25, -0.2) is 0 Å². The van der Waals surface area contributed by atoms with E-state index in [1.54, 1.807) is 29.2 Å². The zero-order valence-electron chi connectivity index (χ0n) is 23.9. The van der Waals surface area contributed by atoms with Gasteiger partial charge in [0.2, 0.25) is 17.7 Å². The van der Waals surface area contributed by atoms with E-state index in [-0.39, 0.29) is 23.8 Å². The minimum Gasteiger partial charge on any atom is -0.379 e. The van der Waals surface area contributed by atoms with Gasteiger partial charge in [-0.05, 0) is 42.9 Å². The Morgan fingerprint density at radius 2 is 1.93 bits per heavy atom. The monoisotopic (exact) mass is 584 g/mol. The zero-order chi connectivity index (χ0) is 28.7. The van der Waals surface area contributed by atoms with Crippen LogP contribution in [0.15, 0.2) is 36.4 Å². The highest BCUT2D eigenvalue weighted by Gasteiger charge is 2.72. The van der Waals surface area contributed by atoms with Crippen molar-refractivity contribution >= 4 is 35.0 Å². The highest BCUT2D eigenvalue weighted by atomic mass is 35.5. The molecule has 4 aliphatic heterocycles. The number of likely N-dealkylation sites (tertiary alicyclic amines) is 1. The lowest BCUT2D eigenvalue weighted by Crippen LogP contribution is -2.58. The number of fused-ring (bicyclic) bond motifs is 1. The van der Waals surface area contributed by atoms with Crippen LogP contribution in [0.2, 0.25) is 5.02 Å². The fourth-order valence-corrected chi connectivity index (χ4v) is 7.83. The average molecular weight is 585 g/mol. The Kier molecular flexibility index (Phi) is 8.15. The SMILES string of the molecule is C[C@@H]1[C@H](C)CCC[C@@H]1NC(=O)[C@@H]1N(CCCN2CCOCC2)C(=O)[C@@H]2[C@H](C(=O)Nc3cccc(Cl)c3)[C@@H]3C=C[C@]21O3. The predicted octanol–water partition coefficient (Wildman–Crippen LogP) is 3.09. The summed E-state index contributed by atoms with van der Waals surface area (Å²) in [7, 11) is 0. The Labute approximate surface area is 246 Å². The van der Waals surface area contributed by atoms with Gasteiger partial charge in [-0.15, -0.1) is 0 Å². The molecule has 4 fully saturated rings. The van der Waals surface area contributed by atoms with E-state index in [4.69, 9.17) is 21.1 Å². The summed E-state index contributed by atoms with van der Waals surface area (Å²) in [6, 6.07) is 6.18. The van der Waals surface area contributed by atoms with E-state index in [1.807, 2.05) is 12.2 Å². The van der Waals surface area contributed by atoms with Gasteiger partial charge in [0.1, 0.15) is 11.6 Å². The van der Waals surface area contributed by atoms with Gasteiger partial charge in [0, 0.05) is 42.9 Å². The minimum atomic E-state index is -1.16. The lowest BCUT2D eigenvalue weighted by atomic mass is 9.73. The van der Waals surface area contributed by atoms with Gasteiger partial charge in [0.15, 0.2) is 0 Å². The third-order valence-corrected chi connectivity index (χ3v) is 10.3. The maximum atomic E-state index is 14.2.